The van der Waals surface area contributed by atoms with E-state index in [2.05, 4.69) is 10.1 Å². The Hall–Kier alpha value is -4.24. The van der Waals surface area contributed by atoms with Gasteiger partial charge in [-0.05, 0) is 30.3 Å². The van der Waals surface area contributed by atoms with Gasteiger partial charge in [0.1, 0.15) is 6.61 Å². The molecule has 1 aromatic heterocycles. The standard InChI is InChI=1S/C28H17Cl3N4O4/c29-20-11-10-18(23(31)13-20)16-39-26-19(12-21(30)14-25(26)35(37)38)15-32-34-27(17-6-2-1-3-7-17)33-24-9-5-4-8-22(24)28(34)36/h1-15H,16H2. The fourth-order valence-corrected chi connectivity index (χ4v) is 4.59. The number of nitrogens with zero attached hydrogens (tertiary/aromatic N) is 4. The van der Waals surface area contributed by atoms with Crippen molar-refractivity contribution in [3.8, 4) is 17.1 Å². The number of nitro groups is 1. The molecule has 4 aromatic carbocycles. The van der Waals surface area contributed by atoms with E-state index >= 15 is 0 Å². The van der Waals surface area contributed by atoms with Crippen LogP contribution in [-0.2, 0) is 6.61 Å². The van der Waals surface area contributed by atoms with E-state index in [9.17, 15) is 14.9 Å². The van der Waals surface area contributed by atoms with Gasteiger partial charge in [0.25, 0.3) is 5.56 Å². The molecule has 0 aliphatic carbocycles. The van der Waals surface area contributed by atoms with E-state index in [0.29, 0.717) is 37.9 Å². The van der Waals surface area contributed by atoms with Gasteiger partial charge in [-0.25, -0.2) is 4.98 Å². The minimum atomic E-state index is -0.610. The highest BCUT2D eigenvalue weighted by atomic mass is 35.5. The summed E-state index contributed by atoms with van der Waals surface area (Å²) in [5, 5.41) is 17.5. The Kier molecular flexibility index (Phi) is 7.60. The second kappa shape index (κ2) is 11.2. The quantitative estimate of drug-likeness (QED) is 0.114. The van der Waals surface area contributed by atoms with Crippen LogP contribution in [0.1, 0.15) is 11.1 Å². The van der Waals surface area contributed by atoms with E-state index < -0.39 is 10.5 Å². The zero-order valence-corrected chi connectivity index (χ0v) is 22.2. The topological polar surface area (TPSA) is 99.6 Å². The SMILES string of the molecule is O=c1c2ccccc2nc(-c2ccccc2)n1N=Cc1cc(Cl)cc([N+](=O)[O-])c1OCc1ccc(Cl)cc1Cl. The second-order valence-corrected chi connectivity index (χ2v) is 9.58. The first kappa shape index (κ1) is 26.4. The first-order valence-corrected chi connectivity index (χ1v) is 12.6. The number of nitro benzene ring substituents is 1. The van der Waals surface area contributed by atoms with E-state index in [1.54, 1.807) is 54.6 Å². The van der Waals surface area contributed by atoms with Crippen LogP contribution < -0.4 is 10.3 Å². The first-order valence-electron chi connectivity index (χ1n) is 11.5. The maximum Gasteiger partial charge on any atom is 0.313 e. The highest BCUT2D eigenvalue weighted by Crippen LogP contribution is 2.35. The molecule has 0 spiro atoms. The third-order valence-electron chi connectivity index (χ3n) is 5.74. The van der Waals surface area contributed by atoms with Crippen LogP contribution in [0.2, 0.25) is 15.1 Å². The van der Waals surface area contributed by atoms with Crippen molar-refractivity contribution in [3.05, 3.63) is 132 Å². The molecule has 0 saturated heterocycles. The van der Waals surface area contributed by atoms with Crippen molar-refractivity contribution >= 4 is 57.6 Å². The molecule has 8 nitrogen and oxygen atoms in total. The first-order chi connectivity index (χ1) is 18.8. The maximum absolute atomic E-state index is 13.5. The predicted molar refractivity (Wildman–Crippen MR) is 153 cm³/mol. The van der Waals surface area contributed by atoms with Crippen molar-refractivity contribution in [2.75, 3.05) is 0 Å². The number of fused-ring (bicyclic) bond motifs is 1. The average molecular weight is 580 g/mol. The third kappa shape index (κ3) is 5.63. The van der Waals surface area contributed by atoms with Crippen LogP contribution in [0.5, 0.6) is 5.75 Å². The van der Waals surface area contributed by atoms with Crippen LogP contribution in [-0.4, -0.2) is 20.8 Å². The average Bonchev–Trinajstić information content (AvgIpc) is 2.93. The van der Waals surface area contributed by atoms with Crippen molar-refractivity contribution < 1.29 is 9.66 Å². The second-order valence-electron chi connectivity index (χ2n) is 8.30. The lowest BCUT2D eigenvalue weighted by Crippen LogP contribution is -2.20. The zero-order chi connectivity index (χ0) is 27.5. The molecular formula is C28H17Cl3N4O4. The number of halogens is 3. The molecule has 0 saturated carbocycles. The van der Waals surface area contributed by atoms with E-state index in [-0.39, 0.29) is 28.6 Å². The summed E-state index contributed by atoms with van der Waals surface area (Å²) in [6.45, 7) is -0.0912. The summed E-state index contributed by atoms with van der Waals surface area (Å²) < 4.78 is 7.02. The van der Waals surface area contributed by atoms with Gasteiger partial charge >= 0.3 is 5.69 Å². The maximum atomic E-state index is 13.5. The number of rotatable bonds is 7. The molecule has 11 heteroatoms. The molecule has 0 radical (unpaired) electrons. The van der Waals surface area contributed by atoms with Crippen LogP contribution in [0.15, 0.2) is 94.8 Å². The zero-order valence-electron chi connectivity index (χ0n) is 19.9. The Morgan fingerprint density at radius 3 is 2.44 bits per heavy atom. The molecule has 5 rings (SSSR count). The van der Waals surface area contributed by atoms with Gasteiger partial charge in [0.05, 0.1) is 22.0 Å². The molecule has 1 heterocycles. The van der Waals surface area contributed by atoms with Crippen molar-refractivity contribution in [1.82, 2.24) is 9.66 Å². The Morgan fingerprint density at radius 1 is 0.949 bits per heavy atom. The molecule has 0 aliphatic rings. The molecule has 5 aromatic rings. The Labute approximate surface area is 236 Å². The fourth-order valence-electron chi connectivity index (χ4n) is 3.90. The van der Waals surface area contributed by atoms with Crippen LogP contribution >= 0.6 is 34.8 Å². The normalized spacial score (nSPS) is 11.3. The van der Waals surface area contributed by atoms with E-state index in [1.807, 2.05) is 18.2 Å². The van der Waals surface area contributed by atoms with Crippen molar-refractivity contribution in [3.63, 3.8) is 0 Å². The van der Waals surface area contributed by atoms with Gasteiger partial charge in [-0.3, -0.25) is 14.9 Å². The predicted octanol–water partition coefficient (Wildman–Crippen LogP) is 7.39. The Morgan fingerprint density at radius 2 is 1.69 bits per heavy atom. The monoisotopic (exact) mass is 578 g/mol. The molecular weight excluding hydrogens is 563 g/mol. The molecule has 0 unspecified atom stereocenters. The number of hydrogen-bond acceptors (Lipinski definition) is 6. The summed E-state index contributed by atoms with van der Waals surface area (Å²) in [5.41, 5.74) is 1.12. The molecule has 0 fully saturated rings. The lowest BCUT2D eigenvalue weighted by Gasteiger charge is -2.12. The molecule has 0 atom stereocenters. The molecule has 0 N–H and O–H groups in total. The van der Waals surface area contributed by atoms with E-state index in [4.69, 9.17) is 39.5 Å². The fraction of sp³-hybridized carbons (Fsp3) is 0.0357. The smallest absolute Gasteiger partial charge is 0.313 e. The van der Waals surface area contributed by atoms with Crippen molar-refractivity contribution in [2.45, 2.75) is 6.61 Å². The van der Waals surface area contributed by atoms with Gasteiger partial charge in [0.2, 0.25) is 5.75 Å². The third-order valence-corrected chi connectivity index (χ3v) is 6.55. The summed E-state index contributed by atoms with van der Waals surface area (Å²) in [7, 11) is 0. The molecule has 0 amide bonds. The lowest BCUT2D eigenvalue weighted by atomic mass is 10.1. The Balaban J connectivity index is 1.63. The molecule has 39 heavy (non-hydrogen) atoms. The highest BCUT2D eigenvalue weighted by molar-refractivity contribution is 6.35. The van der Waals surface area contributed by atoms with Crippen molar-refractivity contribution in [1.29, 1.82) is 0 Å². The number of aromatic nitrogens is 2. The van der Waals surface area contributed by atoms with Crippen LogP contribution in [0.25, 0.3) is 22.3 Å². The summed E-state index contributed by atoms with van der Waals surface area (Å²) in [5.74, 6) is 0.199. The van der Waals surface area contributed by atoms with Crippen LogP contribution in [0.4, 0.5) is 5.69 Å². The summed E-state index contributed by atoms with van der Waals surface area (Å²) in [4.78, 5) is 29.4. The molecule has 194 valence electrons. The highest BCUT2D eigenvalue weighted by Gasteiger charge is 2.22. The van der Waals surface area contributed by atoms with Gasteiger partial charge in [-0.1, -0.05) is 83.3 Å². The largest absolute Gasteiger partial charge is 0.481 e. The van der Waals surface area contributed by atoms with Gasteiger partial charge < -0.3 is 4.74 Å². The Bertz CT molecular complexity index is 1810. The number of benzene rings is 4. The minimum Gasteiger partial charge on any atom is -0.481 e. The van der Waals surface area contributed by atoms with Gasteiger partial charge in [-0.2, -0.15) is 9.78 Å². The number of ether oxygens (including phenoxy) is 1. The van der Waals surface area contributed by atoms with E-state index in [0.717, 1.165) is 4.68 Å². The van der Waals surface area contributed by atoms with Crippen molar-refractivity contribution in [2.24, 2.45) is 5.10 Å². The molecule has 0 aliphatic heterocycles. The van der Waals surface area contributed by atoms with Gasteiger partial charge in [0, 0.05) is 37.8 Å². The minimum absolute atomic E-state index is 0.0901. The van der Waals surface area contributed by atoms with Crippen LogP contribution in [0, 0.1) is 10.1 Å². The van der Waals surface area contributed by atoms with E-state index in [1.165, 1.54) is 18.3 Å². The van der Waals surface area contributed by atoms with Crippen LogP contribution in [0.3, 0.4) is 0 Å². The summed E-state index contributed by atoms with van der Waals surface area (Å²) >= 11 is 18.4. The summed E-state index contributed by atoms with van der Waals surface area (Å²) in [6, 6.07) is 23.5. The summed E-state index contributed by atoms with van der Waals surface area (Å²) in [6.07, 6.45) is 1.28. The number of para-hydroxylation sites is 1. The van der Waals surface area contributed by atoms with Gasteiger partial charge in [-0.15, -0.1) is 0 Å². The number of hydrogen-bond donors (Lipinski definition) is 0. The lowest BCUT2D eigenvalue weighted by molar-refractivity contribution is -0.385. The molecule has 0 bridgehead atoms. The van der Waals surface area contributed by atoms with Gasteiger partial charge in [0.15, 0.2) is 5.82 Å².